The van der Waals surface area contributed by atoms with Crippen molar-refractivity contribution < 1.29 is 4.74 Å². The molecular weight excluding hydrogens is 242 g/mol. The number of methoxy groups -OCH3 is 1. The van der Waals surface area contributed by atoms with E-state index in [1.807, 2.05) is 4.68 Å². The summed E-state index contributed by atoms with van der Waals surface area (Å²) in [5, 5.41) is 15.5. The smallest absolute Gasteiger partial charge is 0.165 e. The summed E-state index contributed by atoms with van der Waals surface area (Å²) in [5.74, 6) is 1.54. The van der Waals surface area contributed by atoms with Crippen LogP contribution in [0.2, 0.25) is 0 Å². The van der Waals surface area contributed by atoms with Gasteiger partial charge < -0.3 is 10.1 Å². The van der Waals surface area contributed by atoms with Gasteiger partial charge in [-0.3, -0.25) is 0 Å². The van der Waals surface area contributed by atoms with Crippen LogP contribution in [0, 0.1) is 11.3 Å². The topological polar surface area (TPSA) is 64.9 Å². The van der Waals surface area contributed by atoms with Crippen molar-refractivity contribution in [3.63, 3.8) is 0 Å². The van der Waals surface area contributed by atoms with Crippen LogP contribution in [0.25, 0.3) is 0 Å². The number of hydrogen-bond acceptors (Lipinski definition) is 5. The lowest BCUT2D eigenvalue weighted by Gasteiger charge is -2.50. The SMILES string of the molecule is COC1CC(n2nnnc2CNCC(C)C)C1(C)C. The zero-order chi connectivity index (χ0) is 14.0. The highest BCUT2D eigenvalue weighted by molar-refractivity contribution is 5.03. The van der Waals surface area contributed by atoms with Gasteiger partial charge in [0, 0.05) is 12.5 Å². The molecule has 1 N–H and O–H groups in total. The number of ether oxygens (including phenoxy) is 1. The number of tetrazole rings is 1. The minimum atomic E-state index is 0.0803. The summed E-state index contributed by atoms with van der Waals surface area (Å²) in [4.78, 5) is 0. The zero-order valence-electron chi connectivity index (χ0n) is 12.6. The summed E-state index contributed by atoms with van der Waals surface area (Å²) >= 11 is 0. The van der Waals surface area contributed by atoms with Crippen LogP contribution < -0.4 is 5.32 Å². The molecule has 1 fully saturated rings. The lowest BCUT2D eigenvalue weighted by molar-refractivity contribution is -0.117. The van der Waals surface area contributed by atoms with Crippen molar-refractivity contribution in [1.29, 1.82) is 0 Å². The van der Waals surface area contributed by atoms with Crippen molar-refractivity contribution in [2.45, 2.75) is 52.8 Å². The van der Waals surface area contributed by atoms with Crippen LogP contribution in [0.5, 0.6) is 0 Å². The maximum Gasteiger partial charge on any atom is 0.165 e. The van der Waals surface area contributed by atoms with Crippen LogP contribution in [0.4, 0.5) is 0 Å². The Labute approximate surface area is 114 Å². The summed E-state index contributed by atoms with van der Waals surface area (Å²) in [6.45, 7) is 10.5. The standard InChI is InChI=1S/C13H25N5O/c1-9(2)7-14-8-12-15-16-17-18(12)10-6-11(19-5)13(10,3)4/h9-11,14H,6-8H2,1-5H3. The number of rotatable bonds is 6. The largest absolute Gasteiger partial charge is 0.381 e. The summed E-state index contributed by atoms with van der Waals surface area (Å²) in [7, 11) is 1.77. The average molecular weight is 267 g/mol. The Morgan fingerprint density at radius 2 is 2.21 bits per heavy atom. The van der Waals surface area contributed by atoms with Gasteiger partial charge in [0.2, 0.25) is 0 Å². The Kier molecular flexibility index (Phi) is 4.20. The van der Waals surface area contributed by atoms with Crippen LogP contribution >= 0.6 is 0 Å². The maximum atomic E-state index is 5.48. The molecule has 1 aliphatic rings. The predicted octanol–water partition coefficient (Wildman–Crippen LogP) is 1.40. The fraction of sp³-hybridized carbons (Fsp3) is 0.923. The Morgan fingerprint density at radius 1 is 1.47 bits per heavy atom. The zero-order valence-corrected chi connectivity index (χ0v) is 12.6. The molecule has 1 aromatic heterocycles. The van der Waals surface area contributed by atoms with E-state index in [9.17, 15) is 0 Å². The fourth-order valence-electron chi connectivity index (χ4n) is 2.72. The molecule has 0 bridgehead atoms. The fourth-order valence-corrected chi connectivity index (χ4v) is 2.72. The molecule has 0 amide bonds. The number of aromatic nitrogens is 4. The van der Waals surface area contributed by atoms with Gasteiger partial charge in [0.1, 0.15) is 0 Å². The van der Waals surface area contributed by atoms with E-state index in [1.165, 1.54) is 0 Å². The van der Waals surface area contributed by atoms with E-state index in [0.29, 0.717) is 12.0 Å². The van der Waals surface area contributed by atoms with Crippen LogP contribution in [0.15, 0.2) is 0 Å². The molecule has 2 rings (SSSR count). The van der Waals surface area contributed by atoms with E-state index in [2.05, 4.69) is 48.5 Å². The van der Waals surface area contributed by atoms with Crippen LogP contribution in [-0.2, 0) is 11.3 Å². The molecule has 1 aliphatic carbocycles. The third-order valence-electron chi connectivity index (χ3n) is 4.10. The molecule has 19 heavy (non-hydrogen) atoms. The van der Waals surface area contributed by atoms with Gasteiger partial charge in [0.25, 0.3) is 0 Å². The average Bonchev–Trinajstić information content (AvgIpc) is 2.76. The van der Waals surface area contributed by atoms with Gasteiger partial charge in [-0.2, -0.15) is 0 Å². The predicted molar refractivity (Wildman–Crippen MR) is 72.6 cm³/mol. The van der Waals surface area contributed by atoms with Crippen LogP contribution in [-0.4, -0.2) is 40.0 Å². The highest BCUT2D eigenvalue weighted by Gasteiger charge is 2.51. The number of nitrogens with zero attached hydrogens (tertiary/aromatic N) is 4. The van der Waals surface area contributed by atoms with Gasteiger partial charge in [0.15, 0.2) is 5.82 Å². The van der Waals surface area contributed by atoms with Gasteiger partial charge >= 0.3 is 0 Å². The second-order valence-corrected chi connectivity index (χ2v) is 6.36. The summed E-state index contributed by atoms with van der Waals surface area (Å²) in [6, 6.07) is 0.322. The third kappa shape index (κ3) is 2.79. The molecule has 1 aromatic rings. The van der Waals surface area contributed by atoms with Crippen molar-refractivity contribution >= 4 is 0 Å². The number of hydrogen-bond donors (Lipinski definition) is 1. The molecule has 0 saturated heterocycles. The van der Waals surface area contributed by atoms with Gasteiger partial charge in [-0.15, -0.1) is 5.10 Å². The first-order valence-electron chi connectivity index (χ1n) is 6.97. The minimum absolute atomic E-state index is 0.0803. The first kappa shape index (κ1) is 14.4. The molecule has 1 heterocycles. The molecule has 108 valence electrons. The van der Waals surface area contributed by atoms with Crippen LogP contribution in [0.3, 0.4) is 0 Å². The van der Waals surface area contributed by atoms with Crippen molar-refractivity contribution in [2.24, 2.45) is 11.3 Å². The van der Waals surface area contributed by atoms with Crippen molar-refractivity contribution in [3.8, 4) is 0 Å². The second-order valence-electron chi connectivity index (χ2n) is 6.36. The molecule has 6 heteroatoms. The lowest BCUT2D eigenvalue weighted by Crippen LogP contribution is -2.51. The third-order valence-corrected chi connectivity index (χ3v) is 4.10. The Hall–Kier alpha value is -1.01. The second kappa shape index (κ2) is 5.54. The Balaban J connectivity index is 2.00. The highest BCUT2D eigenvalue weighted by atomic mass is 16.5. The lowest BCUT2D eigenvalue weighted by atomic mass is 9.64. The first-order chi connectivity index (χ1) is 8.96. The monoisotopic (exact) mass is 267 g/mol. The summed E-state index contributed by atoms with van der Waals surface area (Å²) < 4.78 is 7.45. The normalized spacial score (nSPS) is 25.6. The van der Waals surface area contributed by atoms with Crippen molar-refractivity contribution in [2.75, 3.05) is 13.7 Å². The minimum Gasteiger partial charge on any atom is -0.381 e. The van der Waals surface area contributed by atoms with Gasteiger partial charge in [0.05, 0.1) is 18.7 Å². The summed E-state index contributed by atoms with van der Waals surface area (Å²) in [5.41, 5.74) is 0.0803. The van der Waals surface area contributed by atoms with E-state index in [4.69, 9.17) is 4.74 Å². The van der Waals surface area contributed by atoms with Gasteiger partial charge in [-0.25, -0.2) is 4.68 Å². The quantitative estimate of drug-likeness (QED) is 0.844. The molecular formula is C13H25N5O. The molecule has 0 spiro atoms. The van der Waals surface area contributed by atoms with Gasteiger partial charge in [-0.05, 0) is 29.3 Å². The van der Waals surface area contributed by atoms with E-state index in [0.717, 1.165) is 25.3 Å². The Bertz CT molecular complexity index is 415. The molecule has 2 unspecified atom stereocenters. The van der Waals surface area contributed by atoms with E-state index >= 15 is 0 Å². The maximum absolute atomic E-state index is 5.48. The van der Waals surface area contributed by atoms with E-state index in [1.54, 1.807) is 7.11 Å². The molecule has 0 aromatic carbocycles. The molecule has 0 aliphatic heterocycles. The molecule has 6 nitrogen and oxygen atoms in total. The summed E-state index contributed by atoms with van der Waals surface area (Å²) in [6.07, 6.45) is 1.27. The Morgan fingerprint density at radius 3 is 2.79 bits per heavy atom. The molecule has 1 saturated carbocycles. The van der Waals surface area contributed by atoms with E-state index < -0.39 is 0 Å². The molecule has 0 radical (unpaired) electrons. The highest BCUT2D eigenvalue weighted by Crippen LogP contribution is 2.50. The van der Waals surface area contributed by atoms with Gasteiger partial charge in [-0.1, -0.05) is 27.7 Å². The van der Waals surface area contributed by atoms with E-state index in [-0.39, 0.29) is 11.5 Å². The van der Waals surface area contributed by atoms with Crippen LogP contribution in [0.1, 0.15) is 46.0 Å². The van der Waals surface area contributed by atoms with Crippen molar-refractivity contribution in [3.05, 3.63) is 5.82 Å². The number of nitrogens with one attached hydrogen (secondary N) is 1. The molecule has 2 atom stereocenters. The first-order valence-corrected chi connectivity index (χ1v) is 6.97. The van der Waals surface area contributed by atoms with Crippen molar-refractivity contribution in [1.82, 2.24) is 25.5 Å².